The first-order valence-corrected chi connectivity index (χ1v) is 7.51. The van der Waals surface area contributed by atoms with Gasteiger partial charge in [0.1, 0.15) is 12.4 Å². The summed E-state index contributed by atoms with van der Waals surface area (Å²) in [4.78, 5) is 16.6. The molecule has 3 rings (SSSR count). The van der Waals surface area contributed by atoms with E-state index in [2.05, 4.69) is 4.99 Å². The van der Waals surface area contributed by atoms with Crippen molar-refractivity contribution in [1.82, 2.24) is 4.57 Å². The molecule has 0 saturated carbocycles. The Hall–Kier alpha value is -2.40. The summed E-state index contributed by atoms with van der Waals surface area (Å²) in [6.45, 7) is 0.613. The first kappa shape index (κ1) is 15.5. The second-order valence-corrected chi connectivity index (χ2v) is 5.47. The van der Waals surface area contributed by atoms with Gasteiger partial charge in [0.05, 0.1) is 0 Å². The Kier molecular flexibility index (Phi) is 4.57. The molecule has 1 aliphatic rings. The van der Waals surface area contributed by atoms with Crippen LogP contribution in [-0.2, 0) is 6.61 Å². The van der Waals surface area contributed by atoms with Crippen molar-refractivity contribution in [2.24, 2.45) is 4.99 Å². The lowest BCUT2D eigenvalue weighted by Crippen LogP contribution is -2.21. The van der Waals surface area contributed by atoms with Crippen LogP contribution in [0.4, 0.5) is 4.39 Å². The Morgan fingerprint density at radius 1 is 1.35 bits per heavy atom. The number of aromatic nitrogens is 1. The van der Waals surface area contributed by atoms with Crippen LogP contribution < -0.4 is 10.3 Å². The fraction of sp³-hybridized carbons (Fsp3) is 0.176. The maximum atomic E-state index is 13.8. The van der Waals surface area contributed by atoms with Crippen LogP contribution in [0.2, 0.25) is 5.02 Å². The molecule has 0 bridgehead atoms. The lowest BCUT2D eigenvalue weighted by molar-refractivity contribution is 0.294. The molecule has 118 valence electrons. The highest BCUT2D eigenvalue weighted by Gasteiger charge is 2.10. The van der Waals surface area contributed by atoms with Gasteiger partial charge in [-0.25, -0.2) is 4.39 Å². The molecular weight excluding hydrogens is 319 g/mol. The molecule has 0 spiro atoms. The predicted molar refractivity (Wildman–Crippen MR) is 88.7 cm³/mol. The first-order valence-electron chi connectivity index (χ1n) is 7.13. The maximum Gasteiger partial charge on any atom is 0.297 e. The zero-order valence-corrected chi connectivity index (χ0v) is 13.0. The summed E-state index contributed by atoms with van der Waals surface area (Å²) >= 11 is 5.72. The quantitative estimate of drug-likeness (QED) is 0.859. The van der Waals surface area contributed by atoms with E-state index in [0.29, 0.717) is 23.6 Å². The number of benzene rings is 1. The molecular formula is C17H14ClFN2O2. The van der Waals surface area contributed by atoms with Gasteiger partial charge < -0.3 is 4.74 Å². The van der Waals surface area contributed by atoms with E-state index >= 15 is 0 Å². The molecule has 0 aliphatic carbocycles. The smallest absolute Gasteiger partial charge is 0.297 e. The Morgan fingerprint density at radius 2 is 2.22 bits per heavy atom. The van der Waals surface area contributed by atoms with Crippen molar-refractivity contribution >= 4 is 23.5 Å². The molecule has 0 radical (unpaired) electrons. The predicted octanol–water partition coefficient (Wildman–Crippen LogP) is 3.54. The highest BCUT2D eigenvalue weighted by molar-refractivity contribution is 6.30. The van der Waals surface area contributed by atoms with E-state index in [1.165, 1.54) is 10.6 Å². The van der Waals surface area contributed by atoms with Crippen LogP contribution in [0.3, 0.4) is 0 Å². The monoisotopic (exact) mass is 332 g/mol. The van der Waals surface area contributed by atoms with Crippen LogP contribution in [0.15, 0.2) is 52.4 Å². The van der Waals surface area contributed by atoms with Gasteiger partial charge in [0, 0.05) is 41.7 Å². The zero-order chi connectivity index (χ0) is 16.2. The van der Waals surface area contributed by atoms with Gasteiger partial charge in [-0.2, -0.15) is 0 Å². The molecule has 1 aromatic heterocycles. The number of rotatable bonds is 4. The maximum absolute atomic E-state index is 13.8. The Bertz CT molecular complexity index is 843. The van der Waals surface area contributed by atoms with Crippen molar-refractivity contribution in [3.05, 3.63) is 69.4 Å². The molecule has 6 heteroatoms. The SMILES string of the molecule is O=c1c(OCc2ccc(Cl)cc2F)cccn1C1=CC=NCC1. The lowest BCUT2D eigenvalue weighted by atomic mass is 10.2. The van der Waals surface area contributed by atoms with Gasteiger partial charge in [-0.1, -0.05) is 17.7 Å². The summed E-state index contributed by atoms with van der Waals surface area (Å²) < 4.78 is 20.8. The van der Waals surface area contributed by atoms with Gasteiger partial charge in [0.25, 0.3) is 5.56 Å². The molecule has 0 atom stereocenters. The summed E-state index contributed by atoms with van der Waals surface area (Å²) in [5, 5.41) is 0.319. The number of aliphatic imine (C=N–C) groups is 1. The van der Waals surface area contributed by atoms with Gasteiger partial charge >= 0.3 is 0 Å². The largest absolute Gasteiger partial charge is 0.483 e. The van der Waals surface area contributed by atoms with Crippen molar-refractivity contribution in [3.63, 3.8) is 0 Å². The Balaban J connectivity index is 1.82. The van der Waals surface area contributed by atoms with Crippen LogP contribution in [0.25, 0.3) is 5.70 Å². The van der Waals surface area contributed by atoms with E-state index in [9.17, 15) is 9.18 Å². The zero-order valence-electron chi connectivity index (χ0n) is 12.2. The number of ether oxygens (including phenoxy) is 1. The van der Waals surface area contributed by atoms with Crippen molar-refractivity contribution < 1.29 is 9.13 Å². The van der Waals surface area contributed by atoms with Crippen LogP contribution in [0.1, 0.15) is 12.0 Å². The number of allylic oxidation sites excluding steroid dienone is 1. The van der Waals surface area contributed by atoms with Crippen molar-refractivity contribution in [1.29, 1.82) is 0 Å². The molecule has 2 aromatic rings. The Labute approximate surface area is 137 Å². The molecule has 0 unspecified atom stereocenters. The molecule has 4 nitrogen and oxygen atoms in total. The molecule has 2 heterocycles. The average molecular weight is 333 g/mol. The van der Waals surface area contributed by atoms with Gasteiger partial charge in [-0.15, -0.1) is 0 Å². The highest BCUT2D eigenvalue weighted by Crippen LogP contribution is 2.17. The number of hydrogen-bond acceptors (Lipinski definition) is 3. The van der Waals surface area contributed by atoms with Crippen molar-refractivity contribution in [3.8, 4) is 5.75 Å². The first-order chi connectivity index (χ1) is 11.1. The lowest BCUT2D eigenvalue weighted by Gasteiger charge is -2.13. The van der Waals surface area contributed by atoms with Crippen LogP contribution in [0.5, 0.6) is 5.75 Å². The molecule has 23 heavy (non-hydrogen) atoms. The van der Waals surface area contributed by atoms with Gasteiger partial charge in [-0.05, 0) is 30.3 Å². The normalized spacial score (nSPS) is 13.7. The third-order valence-electron chi connectivity index (χ3n) is 3.49. The van der Waals surface area contributed by atoms with E-state index in [4.69, 9.17) is 16.3 Å². The van der Waals surface area contributed by atoms with E-state index in [0.717, 1.165) is 5.70 Å². The van der Waals surface area contributed by atoms with Crippen LogP contribution >= 0.6 is 11.6 Å². The molecule has 0 N–H and O–H groups in total. The van der Waals surface area contributed by atoms with E-state index < -0.39 is 5.82 Å². The minimum absolute atomic E-state index is 0.0389. The number of hydrogen-bond donors (Lipinski definition) is 0. The summed E-state index contributed by atoms with van der Waals surface area (Å²) in [6, 6.07) is 7.64. The van der Waals surface area contributed by atoms with Crippen LogP contribution in [-0.4, -0.2) is 17.3 Å². The molecule has 0 saturated heterocycles. The highest BCUT2D eigenvalue weighted by atomic mass is 35.5. The minimum Gasteiger partial charge on any atom is -0.483 e. The summed E-state index contributed by atoms with van der Waals surface area (Å²) in [7, 11) is 0. The Morgan fingerprint density at radius 3 is 2.96 bits per heavy atom. The van der Waals surface area contributed by atoms with Crippen LogP contribution in [0, 0.1) is 5.82 Å². The summed E-state index contributed by atoms with van der Waals surface area (Å²) in [5.74, 6) is -0.287. The molecule has 0 fully saturated rings. The van der Waals surface area contributed by atoms with Gasteiger partial charge in [0.2, 0.25) is 0 Å². The van der Waals surface area contributed by atoms with Crippen molar-refractivity contribution in [2.75, 3.05) is 6.54 Å². The van der Waals surface area contributed by atoms with Gasteiger partial charge in [0.15, 0.2) is 5.75 Å². The molecule has 1 aromatic carbocycles. The van der Waals surface area contributed by atoms with Crippen molar-refractivity contribution in [2.45, 2.75) is 13.0 Å². The molecule has 0 amide bonds. The fourth-order valence-corrected chi connectivity index (χ4v) is 2.44. The third-order valence-corrected chi connectivity index (χ3v) is 3.72. The topological polar surface area (TPSA) is 43.6 Å². The van der Waals surface area contributed by atoms with E-state index in [1.54, 1.807) is 42.8 Å². The second-order valence-electron chi connectivity index (χ2n) is 5.04. The second kappa shape index (κ2) is 6.79. The third kappa shape index (κ3) is 3.51. The molecule has 1 aliphatic heterocycles. The number of pyridine rings is 1. The van der Waals surface area contributed by atoms with Gasteiger partial charge in [-0.3, -0.25) is 14.4 Å². The standard InChI is InChI=1S/C17H14ClFN2O2/c18-13-4-3-12(15(19)10-13)11-23-16-2-1-9-21(17(16)22)14-5-7-20-8-6-14/h1-5,7,9-10H,6,8,11H2. The number of halogens is 2. The number of dihydropyridines is 1. The minimum atomic E-state index is -0.458. The van der Waals surface area contributed by atoms with E-state index in [1.807, 2.05) is 0 Å². The summed E-state index contributed by atoms with van der Waals surface area (Å²) in [5.41, 5.74) is 0.921. The summed E-state index contributed by atoms with van der Waals surface area (Å²) in [6.07, 6.45) is 5.85. The van der Waals surface area contributed by atoms with E-state index in [-0.39, 0.29) is 17.9 Å². The average Bonchev–Trinajstić information content (AvgIpc) is 2.56. The fourth-order valence-electron chi connectivity index (χ4n) is 2.28. The number of nitrogens with zero attached hydrogens (tertiary/aromatic N) is 2.